The Morgan fingerprint density at radius 1 is 1.13 bits per heavy atom. The second kappa shape index (κ2) is 7.97. The Kier molecular flexibility index (Phi) is 5.37. The van der Waals surface area contributed by atoms with E-state index in [2.05, 4.69) is 11.9 Å². The predicted molar refractivity (Wildman–Crippen MR) is 108 cm³/mol. The van der Waals surface area contributed by atoms with Gasteiger partial charge in [-0.3, -0.25) is 9.36 Å². The molecule has 1 aliphatic rings. The summed E-state index contributed by atoms with van der Waals surface area (Å²) in [6.45, 7) is 3.52. The number of nitrogens with zero attached hydrogens (tertiary/aromatic N) is 3. The van der Waals surface area contributed by atoms with Crippen LogP contribution in [0.2, 0.25) is 0 Å². The summed E-state index contributed by atoms with van der Waals surface area (Å²) >= 11 is 0. The van der Waals surface area contributed by atoms with Gasteiger partial charge < -0.3 is 4.90 Å². The molecule has 0 N–H and O–H groups in total. The first kappa shape index (κ1) is 20.2. The van der Waals surface area contributed by atoms with Gasteiger partial charge in [-0.15, -0.1) is 0 Å². The van der Waals surface area contributed by atoms with Crippen LogP contribution in [0.25, 0.3) is 16.8 Å². The van der Waals surface area contributed by atoms with Crippen LogP contribution in [0.3, 0.4) is 0 Å². The highest BCUT2D eigenvalue weighted by molar-refractivity contribution is 5.93. The number of hydrogen-bond donors (Lipinski definition) is 0. The van der Waals surface area contributed by atoms with E-state index in [1.807, 2.05) is 4.90 Å². The molecule has 1 aromatic heterocycles. The zero-order valence-corrected chi connectivity index (χ0v) is 16.6. The van der Waals surface area contributed by atoms with Crippen LogP contribution in [0.15, 0.2) is 61.1 Å². The minimum absolute atomic E-state index is 0.102. The van der Waals surface area contributed by atoms with Crippen molar-refractivity contribution in [2.75, 3.05) is 13.1 Å². The second-order valence-electron chi connectivity index (χ2n) is 7.74. The summed E-state index contributed by atoms with van der Waals surface area (Å²) in [4.78, 5) is 19.0. The molecule has 7 heteroatoms. The third-order valence-electron chi connectivity index (χ3n) is 5.47. The number of carbonyl (C=O) groups is 1. The third-order valence-corrected chi connectivity index (χ3v) is 5.47. The van der Waals surface area contributed by atoms with E-state index in [1.165, 1.54) is 24.7 Å². The van der Waals surface area contributed by atoms with Crippen molar-refractivity contribution in [1.29, 1.82) is 0 Å². The van der Waals surface area contributed by atoms with Gasteiger partial charge in [0.05, 0.1) is 18.1 Å². The Morgan fingerprint density at radius 2 is 1.93 bits per heavy atom. The molecule has 1 aliphatic heterocycles. The quantitative estimate of drug-likeness (QED) is 0.574. The molecule has 0 aliphatic carbocycles. The molecule has 0 spiro atoms. The number of aromatic nitrogens is 2. The van der Waals surface area contributed by atoms with Gasteiger partial charge in [0.15, 0.2) is 0 Å². The number of halogens is 3. The molecule has 3 aromatic rings. The van der Waals surface area contributed by atoms with Crippen molar-refractivity contribution in [2.45, 2.75) is 25.9 Å². The molecule has 0 bridgehead atoms. The van der Waals surface area contributed by atoms with Gasteiger partial charge in [0, 0.05) is 18.8 Å². The standard InChI is InChI=1S/C23H22F3N3O/c1-16-6-5-11-28(14-16)22(30)21-13-27-15-29(21)18-8-4-7-17(12-18)19-9-2-3-10-20(19)23(24,25)26/h2-4,7-10,12-13,15-16H,5-6,11,14H2,1H3/t16-/m1/s1. The zero-order valence-electron chi connectivity index (χ0n) is 16.6. The first-order valence-electron chi connectivity index (χ1n) is 9.93. The number of hydrogen-bond acceptors (Lipinski definition) is 2. The van der Waals surface area contributed by atoms with Gasteiger partial charge in [0.1, 0.15) is 5.69 Å². The normalized spacial score (nSPS) is 17.2. The van der Waals surface area contributed by atoms with E-state index in [9.17, 15) is 18.0 Å². The maximum absolute atomic E-state index is 13.4. The van der Waals surface area contributed by atoms with Crippen LogP contribution in [-0.2, 0) is 6.18 Å². The van der Waals surface area contributed by atoms with Crippen LogP contribution in [0.4, 0.5) is 13.2 Å². The Morgan fingerprint density at radius 3 is 2.70 bits per heavy atom. The largest absolute Gasteiger partial charge is 0.417 e. The Labute approximate surface area is 173 Å². The number of amides is 1. The van der Waals surface area contributed by atoms with Crippen molar-refractivity contribution in [2.24, 2.45) is 5.92 Å². The molecule has 1 atom stereocenters. The summed E-state index contributed by atoms with van der Waals surface area (Å²) in [5, 5.41) is 0. The summed E-state index contributed by atoms with van der Waals surface area (Å²) in [5.74, 6) is 0.335. The smallest absolute Gasteiger partial charge is 0.337 e. The number of likely N-dealkylation sites (tertiary alicyclic amines) is 1. The fraction of sp³-hybridized carbons (Fsp3) is 0.304. The van der Waals surface area contributed by atoms with E-state index in [-0.39, 0.29) is 11.5 Å². The van der Waals surface area contributed by atoms with Gasteiger partial charge in [-0.05, 0) is 48.1 Å². The minimum atomic E-state index is -4.45. The highest BCUT2D eigenvalue weighted by Crippen LogP contribution is 2.37. The molecule has 4 nitrogen and oxygen atoms in total. The molecule has 1 amide bonds. The number of benzene rings is 2. The molecule has 4 rings (SSSR count). The summed E-state index contributed by atoms with van der Waals surface area (Å²) in [6, 6.07) is 12.2. The van der Waals surface area contributed by atoms with Crippen molar-refractivity contribution < 1.29 is 18.0 Å². The van der Waals surface area contributed by atoms with Gasteiger partial charge in [-0.2, -0.15) is 13.2 Å². The zero-order chi connectivity index (χ0) is 21.3. The van der Waals surface area contributed by atoms with Crippen LogP contribution >= 0.6 is 0 Å². The van der Waals surface area contributed by atoms with Gasteiger partial charge >= 0.3 is 6.18 Å². The number of rotatable bonds is 3. The van der Waals surface area contributed by atoms with Crippen molar-refractivity contribution >= 4 is 5.91 Å². The summed E-state index contributed by atoms with van der Waals surface area (Å²) in [7, 11) is 0. The minimum Gasteiger partial charge on any atom is -0.337 e. The molecule has 1 saturated heterocycles. The topological polar surface area (TPSA) is 38.1 Å². The number of alkyl halides is 3. The predicted octanol–water partition coefficient (Wildman–Crippen LogP) is 5.43. The van der Waals surface area contributed by atoms with Crippen molar-refractivity contribution in [1.82, 2.24) is 14.5 Å². The van der Waals surface area contributed by atoms with Crippen LogP contribution in [0, 0.1) is 5.92 Å². The molecule has 1 fully saturated rings. The molecule has 156 valence electrons. The van der Waals surface area contributed by atoms with E-state index in [1.54, 1.807) is 34.9 Å². The summed E-state index contributed by atoms with van der Waals surface area (Å²) in [5.41, 5.74) is 0.843. The monoisotopic (exact) mass is 413 g/mol. The lowest BCUT2D eigenvalue weighted by Gasteiger charge is -2.31. The van der Waals surface area contributed by atoms with E-state index in [4.69, 9.17) is 0 Å². The number of imidazole rings is 1. The second-order valence-corrected chi connectivity index (χ2v) is 7.74. The molecular weight excluding hydrogens is 391 g/mol. The van der Waals surface area contributed by atoms with Gasteiger partial charge in [-0.1, -0.05) is 37.3 Å². The lowest BCUT2D eigenvalue weighted by molar-refractivity contribution is -0.137. The SMILES string of the molecule is C[C@@H]1CCCN(C(=O)c2cncn2-c2cccc(-c3ccccc3C(F)(F)F)c2)C1. The molecular formula is C23H22F3N3O. The highest BCUT2D eigenvalue weighted by atomic mass is 19.4. The Hall–Kier alpha value is -3.09. The maximum atomic E-state index is 13.4. The van der Waals surface area contributed by atoms with Gasteiger partial charge in [0.25, 0.3) is 5.91 Å². The van der Waals surface area contributed by atoms with Gasteiger partial charge in [-0.25, -0.2) is 4.98 Å². The van der Waals surface area contributed by atoms with E-state index in [0.717, 1.165) is 18.9 Å². The van der Waals surface area contributed by atoms with E-state index < -0.39 is 11.7 Å². The Bertz CT molecular complexity index is 1060. The highest BCUT2D eigenvalue weighted by Gasteiger charge is 2.33. The fourth-order valence-corrected chi connectivity index (χ4v) is 4.00. The first-order valence-corrected chi connectivity index (χ1v) is 9.93. The number of piperidine rings is 1. The number of carbonyl (C=O) groups excluding carboxylic acids is 1. The van der Waals surface area contributed by atoms with Gasteiger partial charge in [0.2, 0.25) is 0 Å². The van der Waals surface area contributed by atoms with Crippen molar-refractivity contribution in [3.05, 3.63) is 72.3 Å². The fourth-order valence-electron chi connectivity index (χ4n) is 4.00. The van der Waals surface area contributed by atoms with Crippen LogP contribution in [-0.4, -0.2) is 33.4 Å². The summed E-state index contributed by atoms with van der Waals surface area (Å²) in [6.07, 6.45) is 0.648. The van der Waals surface area contributed by atoms with Crippen LogP contribution in [0.5, 0.6) is 0 Å². The third kappa shape index (κ3) is 3.97. The lowest BCUT2D eigenvalue weighted by atomic mass is 9.99. The lowest BCUT2D eigenvalue weighted by Crippen LogP contribution is -2.39. The Balaban J connectivity index is 1.70. The molecule has 2 aromatic carbocycles. The molecule has 0 unspecified atom stereocenters. The van der Waals surface area contributed by atoms with E-state index >= 15 is 0 Å². The average molecular weight is 413 g/mol. The maximum Gasteiger partial charge on any atom is 0.417 e. The molecule has 0 radical (unpaired) electrons. The van der Waals surface area contributed by atoms with Crippen molar-refractivity contribution in [3.8, 4) is 16.8 Å². The van der Waals surface area contributed by atoms with Crippen LogP contribution < -0.4 is 0 Å². The summed E-state index contributed by atoms with van der Waals surface area (Å²) < 4.78 is 42.0. The molecule has 30 heavy (non-hydrogen) atoms. The molecule has 0 saturated carbocycles. The van der Waals surface area contributed by atoms with Crippen LogP contribution in [0.1, 0.15) is 35.8 Å². The molecule has 2 heterocycles. The van der Waals surface area contributed by atoms with E-state index in [0.29, 0.717) is 36.0 Å². The van der Waals surface area contributed by atoms with Crippen molar-refractivity contribution in [3.63, 3.8) is 0 Å². The average Bonchev–Trinajstić information content (AvgIpc) is 3.22. The first-order chi connectivity index (χ1) is 14.3.